The average molecular weight is 260 g/mol. The fourth-order valence-electron chi connectivity index (χ4n) is 3.29. The van der Waals surface area contributed by atoms with Gasteiger partial charge in [-0.05, 0) is 31.4 Å². The van der Waals surface area contributed by atoms with Gasteiger partial charge in [-0.25, -0.2) is 5.01 Å². The molecule has 0 aromatic heterocycles. The van der Waals surface area contributed by atoms with Crippen molar-refractivity contribution >= 4 is 5.91 Å². The Bertz CT molecular complexity index is 489. The van der Waals surface area contributed by atoms with Gasteiger partial charge in [0.05, 0.1) is 18.7 Å². The summed E-state index contributed by atoms with van der Waals surface area (Å²) < 4.78 is 5.28. The van der Waals surface area contributed by atoms with E-state index in [9.17, 15) is 4.79 Å². The lowest BCUT2D eigenvalue weighted by atomic mass is 10.1. The maximum Gasteiger partial charge on any atom is 0.269 e. The van der Waals surface area contributed by atoms with Crippen molar-refractivity contribution in [3.63, 3.8) is 0 Å². The van der Waals surface area contributed by atoms with Crippen molar-refractivity contribution in [3.05, 3.63) is 35.4 Å². The quantitative estimate of drug-likeness (QED) is 0.835. The summed E-state index contributed by atoms with van der Waals surface area (Å²) >= 11 is 0. The van der Waals surface area contributed by atoms with Crippen LogP contribution in [-0.4, -0.2) is 42.2 Å². The molecule has 1 fully saturated rings. The predicted octanol–water partition coefficient (Wildman–Crippen LogP) is 2.23. The van der Waals surface area contributed by atoms with E-state index >= 15 is 0 Å². The van der Waals surface area contributed by atoms with E-state index in [4.69, 9.17) is 4.74 Å². The number of nitrogens with zero attached hydrogens (tertiary/aromatic N) is 2. The molecule has 102 valence electrons. The number of hydrogen-bond donors (Lipinski definition) is 0. The fraction of sp³-hybridized carbons (Fsp3) is 0.533. The molecule has 1 aromatic rings. The van der Waals surface area contributed by atoms with Crippen molar-refractivity contribution in [1.29, 1.82) is 0 Å². The Hall–Kier alpha value is -1.39. The van der Waals surface area contributed by atoms with Crippen molar-refractivity contribution in [2.75, 3.05) is 20.3 Å². The third kappa shape index (κ3) is 1.95. The molecule has 2 aliphatic heterocycles. The third-order valence-electron chi connectivity index (χ3n) is 4.20. The Morgan fingerprint density at radius 1 is 1.37 bits per heavy atom. The van der Waals surface area contributed by atoms with Crippen molar-refractivity contribution in [2.45, 2.75) is 31.8 Å². The largest absolute Gasteiger partial charge is 0.383 e. The summed E-state index contributed by atoms with van der Waals surface area (Å²) in [5.41, 5.74) is 1.98. The van der Waals surface area contributed by atoms with Gasteiger partial charge in [0.15, 0.2) is 0 Å². The van der Waals surface area contributed by atoms with Crippen LogP contribution in [0.1, 0.15) is 41.7 Å². The zero-order chi connectivity index (χ0) is 13.4. The predicted molar refractivity (Wildman–Crippen MR) is 72.6 cm³/mol. The van der Waals surface area contributed by atoms with Crippen LogP contribution in [-0.2, 0) is 4.74 Å². The molecule has 0 spiro atoms. The van der Waals surface area contributed by atoms with Crippen LogP contribution in [0.5, 0.6) is 0 Å². The summed E-state index contributed by atoms with van der Waals surface area (Å²) in [7, 11) is 1.72. The summed E-state index contributed by atoms with van der Waals surface area (Å²) in [6.45, 7) is 3.73. The molecule has 2 heterocycles. The maximum absolute atomic E-state index is 12.6. The highest BCUT2D eigenvalue weighted by molar-refractivity contribution is 5.98. The summed E-state index contributed by atoms with van der Waals surface area (Å²) in [6, 6.07) is 8.37. The SMILES string of the molecule is COC[C@@H]1CCCN1N1C(=O)c2ccccc2[C@H]1C. The molecule has 0 saturated carbocycles. The molecule has 0 unspecified atom stereocenters. The number of hydrazine groups is 1. The monoisotopic (exact) mass is 260 g/mol. The molecule has 2 atom stereocenters. The molecule has 2 aliphatic rings. The van der Waals surface area contributed by atoms with Crippen molar-refractivity contribution in [2.24, 2.45) is 0 Å². The molecule has 0 radical (unpaired) electrons. The van der Waals surface area contributed by atoms with Gasteiger partial charge in [-0.2, -0.15) is 0 Å². The normalized spacial score (nSPS) is 27.1. The second-order valence-electron chi connectivity index (χ2n) is 5.33. The standard InChI is InChI=1S/C15H20N2O2/c1-11-13-7-3-4-8-14(13)15(18)17(11)16-9-5-6-12(16)10-19-2/h3-4,7-8,11-12H,5-6,9-10H2,1-2H3/t11-,12+/m1/s1. The van der Waals surface area contributed by atoms with Crippen LogP contribution in [0.2, 0.25) is 0 Å². The second kappa shape index (κ2) is 4.94. The number of hydrogen-bond acceptors (Lipinski definition) is 3. The van der Waals surface area contributed by atoms with Crippen molar-refractivity contribution < 1.29 is 9.53 Å². The number of benzene rings is 1. The molecule has 0 aliphatic carbocycles. The van der Waals surface area contributed by atoms with Crippen molar-refractivity contribution in [1.82, 2.24) is 10.0 Å². The summed E-state index contributed by atoms with van der Waals surface area (Å²) in [5.74, 6) is 0.131. The summed E-state index contributed by atoms with van der Waals surface area (Å²) in [4.78, 5) is 12.6. The van der Waals surface area contributed by atoms with Crippen LogP contribution in [0.3, 0.4) is 0 Å². The van der Waals surface area contributed by atoms with Crippen LogP contribution < -0.4 is 0 Å². The number of fused-ring (bicyclic) bond motifs is 1. The topological polar surface area (TPSA) is 32.8 Å². The summed E-state index contributed by atoms with van der Waals surface area (Å²) in [5, 5.41) is 4.14. The molecular weight excluding hydrogens is 240 g/mol. The van der Waals surface area contributed by atoms with Crippen LogP contribution in [0.4, 0.5) is 0 Å². The van der Waals surface area contributed by atoms with E-state index in [2.05, 4.69) is 18.0 Å². The van der Waals surface area contributed by atoms with Gasteiger partial charge in [-0.3, -0.25) is 9.80 Å². The zero-order valence-corrected chi connectivity index (χ0v) is 11.5. The molecule has 1 aromatic carbocycles. The molecule has 3 rings (SSSR count). The van der Waals surface area contributed by atoms with Gasteiger partial charge in [0.2, 0.25) is 0 Å². The van der Waals surface area contributed by atoms with Crippen LogP contribution in [0.15, 0.2) is 24.3 Å². The lowest BCUT2D eigenvalue weighted by Gasteiger charge is -2.36. The molecule has 4 heteroatoms. The van der Waals surface area contributed by atoms with Crippen molar-refractivity contribution in [3.8, 4) is 0 Å². The minimum atomic E-state index is 0.126. The van der Waals surface area contributed by atoms with E-state index < -0.39 is 0 Å². The number of methoxy groups -OCH3 is 1. The first-order valence-corrected chi connectivity index (χ1v) is 6.92. The highest BCUT2D eigenvalue weighted by Gasteiger charge is 2.41. The highest BCUT2D eigenvalue weighted by atomic mass is 16.5. The fourth-order valence-corrected chi connectivity index (χ4v) is 3.29. The average Bonchev–Trinajstić information content (AvgIpc) is 2.96. The molecule has 19 heavy (non-hydrogen) atoms. The number of rotatable bonds is 3. The second-order valence-corrected chi connectivity index (χ2v) is 5.33. The van der Waals surface area contributed by atoms with E-state index in [0.717, 1.165) is 30.5 Å². The molecule has 1 amide bonds. The number of carbonyl (C=O) groups is 1. The highest BCUT2D eigenvalue weighted by Crippen LogP contribution is 2.36. The Labute approximate surface area is 113 Å². The smallest absolute Gasteiger partial charge is 0.269 e. The van der Waals surface area contributed by atoms with Gasteiger partial charge in [-0.15, -0.1) is 0 Å². The van der Waals surface area contributed by atoms with E-state index in [-0.39, 0.29) is 11.9 Å². The number of carbonyl (C=O) groups excluding carboxylic acids is 1. The van der Waals surface area contributed by atoms with E-state index in [0.29, 0.717) is 12.6 Å². The maximum atomic E-state index is 12.6. The van der Waals surface area contributed by atoms with Crippen LogP contribution in [0.25, 0.3) is 0 Å². The molecule has 1 saturated heterocycles. The van der Waals surface area contributed by atoms with E-state index in [1.54, 1.807) is 7.11 Å². The van der Waals surface area contributed by atoms with Crippen LogP contribution >= 0.6 is 0 Å². The van der Waals surface area contributed by atoms with Gasteiger partial charge >= 0.3 is 0 Å². The zero-order valence-electron chi connectivity index (χ0n) is 11.5. The first-order chi connectivity index (χ1) is 9.24. The molecular formula is C15H20N2O2. The first-order valence-electron chi connectivity index (χ1n) is 6.92. The third-order valence-corrected chi connectivity index (χ3v) is 4.20. The molecule has 4 nitrogen and oxygen atoms in total. The Balaban J connectivity index is 1.89. The Morgan fingerprint density at radius 2 is 2.16 bits per heavy atom. The Morgan fingerprint density at radius 3 is 2.89 bits per heavy atom. The summed E-state index contributed by atoms with van der Waals surface area (Å²) in [6.07, 6.45) is 2.22. The lowest BCUT2D eigenvalue weighted by Crippen LogP contribution is -2.48. The molecule has 0 bridgehead atoms. The lowest BCUT2D eigenvalue weighted by molar-refractivity contribution is -0.0507. The minimum absolute atomic E-state index is 0.126. The van der Waals surface area contributed by atoms with Gasteiger partial charge in [0.1, 0.15) is 0 Å². The number of ether oxygens (including phenoxy) is 1. The van der Waals surface area contributed by atoms with E-state index in [1.165, 1.54) is 0 Å². The van der Waals surface area contributed by atoms with Gasteiger partial charge < -0.3 is 4.74 Å². The minimum Gasteiger partial charge on any atom is -0.383 e. The number of amides is 1. The van der Waals surface area contributed by atoms with Gasteiger partial charge in [0, 0.05) is 19.2 Å². The van der Waals surface area contributed by atoms with E-state index in [1.807, 2.05) is 23.2 Å². The van der Waals surface area contributed by atoms with Gasteiger partial charge in [-0.1, -0.05) is 18.2 Å². The van der Waals surface area contributed by atoms with Gasteiger partial charge in [0.25, 0.3) is 5.91 Å². The Kier molecular flexibility index (Phi) is 3.29. The first kappa shape index (κ1) is 12.6. The molecule has 0 N–H and O–H groups in total. The van der Waals surface area contributed by atoms with Crippen LogP contribution in [0, 0.1) is 0 Å².